The summed E-state index contributed by atoms with van der Waals surface area (Å²) in [5, 5.41) is 2.74. The Kier molecular flexibility index (Phi) is 9.63. The van der Waals surface area contributed by atoms with Gasteiger partial charge >= 0.3 is 10.4 Å². The van der Waals surface area contributed by atoms with Gasteiger partial charge in [0.2, 0.25) is 5.91 Å². The second-order valence-electron chi connectivity index (χ2n) is 3.16. The van der Waals surface area contributed by atoms with Crippen LogP contribution in [0.4, 0.5) is 0 Å². The van der Waals surface area contributed by atoms with Crippen molar-refractivity contribution < 1.29 is 21.9 Å². The van der Waals surface area contributed by atoms with E-state index >= 15 is 0 Å². The van der Waals surface area contributed by atoms with E-state index < -0.39 is 10.4 Å². The Morgan fingerprint density at radius 1 is 1.41 bits per heavy atom. The van der Waals surface area contributed by atoms with Crippen molar-refractivity contribution in [2.75, 3.05) is 13.7 Å². The lowest BCUT2D eigenvalue weighted by Crippen LogP contribution is -2.26. The maximum Gasteiger partial charge on any atom is 0.397 e. The van der Waals surface area contributed by atoms with Gasteiger partial charge in [0.25, 0.3) is 0 Å². The van der Waals surface area contributed by atoms with Crippen molar-refractivity contribution in [2.45, 2.75) is 27.2 Å². The molecular formula is C9H20N2O5S. The fourth-order valence-corrected chi connectivity index (χ4v) is 0.550. The lowest BCUT2D eigenvalue weighted by atomic mass is 10.2. The van der Waals surface area contributed by atoms with Crippen molar-refractivity contribution in [1.29, 1.82) is 0 Å². The summed E-state index contributed by atoms with van der Waals surface area (Å²) in [6.45, 7) is 6.17. The van der Waals surface area contributed by atoms with E-state index in [0.29, 0.717) is 17.8 Å². The second kappa shape index (κ2) is 8.97. The largest absolute Gasteiger partial charge is 0.402 e. The minimum absolute atomic E-state index is 0.0631. The molecule has 102 valence electrons. The average Bonchev–Trinajstić information content (AvgIpc) is 2.24. The van der Waals surface area contributed by atoms with E-state index in [1.165, 1.54) is 0 Å². The van der Waals surface area contributed by atoms with Crippen LogP contribution in [0.5, 0.6) is 0 Å². The van der Waals surface area contributed by atoms with E-state index in [0.717, 1.165) is 13.5 Å². The Balaban J connectivity index is 0. The molecule has 0 aromatic rings. The smallest absolute Gasteiger partial charge is 0.397 e. The maximum atomic E-state index is 11.1. The van der Waals surface area contributed by atoms with Gasteiger partial charge in [-0.15, -0.1) is 0 Å². The van der Waals surface area contributed by atoms with E-state index in [2.05, 4.69) is 9.50 Å². The molecule has 0 unspecified atom stereocenters. The number of amides is 1. The summed E-state index contributed by atoms with van der Waals surface area (Å²) in [6.07, 6.45) is 0.947. The zero-order valence-electron chi connectivity index (χ0n) is 10.5. The van der Waals surface area contributed by atoms with Crippen molar-refractivity contribution in [3.8, 4) is 0 Å². The van der Waals surface area contributed by atoms with Crippen LogP contribution >= 0.6 is 0 Å². The number of rotatable bonds is 4. The fraction of sp³-hybridized carbons (Fsp3) is 0.667. The molecule has 0 atom stereocenters. The lowest BCUT2D eigenvalue weighted by Gasteiger charge is -2.04. The van der Waals surface area contributed by atoms with Crippen molar-refractivity contribution >= 4 is 16.3 Å². The van der Waals surface area contributed by atoms with Crippen molar-refractivity contribution in [1.82, 2.24) is 5.32 Å². The molecule has 0 radical (unpaired) electrons. The molecule has 0 aliphatic carbocycles. The van der Waals surface area contributed by atoms with E-state index in [-0.39, 0.29) is 5.91 Å². The van der Waals surface area contributed by atoms with Crippen molar-refractivity contribution in [3.05, 3.63) is 11.3 Å². The number of allylic oxidation sites excluding steroid dienone is 1. The lowest BCUT2D eigenvalue weighted by molar-refractivity contribution is -0.117. The van der Waals surface area contributed by atoms with Gasteiger partial charge in [-0.2, -0.15) is 8.42 Å². The van der Waals surface area contributed by atoms with E-state index in [1.807, 2.05) is 6.92 Å². The summed E-state index contributed by atoms with van der Waals surface area (Å²) in [7, 11) is -3.29. The van der Waals surface area contributed by atoms with Gasteiger partial charge in [-0.1, -0.05) is 6.92 Å². The average molecular weight is 268 g/mol. The van der Waals surface area contributed by atoms with Gasteiger partial charge < -0.3 is 11.1 Å². The molecule has 0 saturated carbocycles. The third kappa shape index (κ3) is 12.8. The van der Waals surface area contributed by atoms with Crippen LogP contribution in [0, 0.1) is 0 Å². The summed E-state index contributed by atoms with van der Waals surface area (Å²) in [4.78, 5) is 11.1. The quantitative estimate of drug-likeness (QED) is 0.495. The zero-order chi connectivity index (χ0) is 14.1. The Morgan fingerprint density at radius 3 is 2.06 bits per heavy atom. The Labute approximate surface area is 102 Å². The Bertz CT molecular complexity index is 358. The Hall–Kier alpha value is -1.12. The SMILES string of the molecule is CCCNC(=O)/C(C)=C(/C)N.COS(=O)(=O)O. The molecule has 17 heavy (non-hydrogen) atoms. The number of carbonyl (C=O) groups is 1. The standard InChI is InChI=1S/C8H16N2O.CH4O4S/c1-4-5-10-8(11)6(2)7(3)9;1-5-6(2,3)4/h4-5,9H2,1-3H3,(H,10,11);1H3,(H,2,3,4)/b7-6-;. The predicted octanol–water partition coefficient (Wildman–Crippen LogP) is 0.201. The molecule has 0 aliphatic rings. The van der Waals surface area contributed by atoms with E-state index in [1.54, 1.807) is 13.8 Å². The van der Waals surface area contributed by atoms with Gasteiger partial charge in [0.15, 0.2) is 0 Å². The van der Waals surface area contributed by atoms with Gasteiger partial charge in [-0.05, 0) is 20.3 Å². The highest BCUT2D eigenvalue weighted by Gasteiger charge is 2.03. The summed E-state index contributed by atoms with van der Waals surface area (Å²) >= 11 is 0. The zero-order valence-corrected chi connectivity index (χ0v) is 11.3. The van der Waals surface area contributed by atoms with Crippen molar-refractivity contribution in [3.63, 3.8) is 0 Å². The number of nitrogens with two attached hydrogens (primary N) is 1. The van der Waals surface area contributed by atoms with Gasteiger partial charge in [-0.25, -0.2) is 0 Å². The first-order valence-corrected chi connectivity index (χ1v) is 6.26. The van der Waals surface area contributed by atoms with E-state index in [9.17, 15) is 13.2 Å². The fourth-order valence-electron chi connectivity index (χ4n) is 0.550. The first kappa shape index (κ1) is 18.3. The first-order valence-electron chi connectivity index (χ1n) is 4.89. The van der Waals surface area contributed by atoms with Gasteiger partial charge in [0.1, 0.15) is 0 Å². The molecule has 0 aromatic carbocycles. The molecule has 0 saturated heterocycles. The van der Waals surface area contributed by atoms with Crippen LogP contribution in [0.1, 0.15) is 27.2 Å². The molecule has 7 nitrogen and oxygen atoms in total. The summed E-state index contributed by atoms with van der Waals surface area (Å²) in [5.74, 6) is -0.0631. The predicted molar refractivity (Wildman–Crippen MR) is 64.4 cm³/mol. The van der Waals surface area contributed by atoms with Gasteiger partial charge in [0.05, 0.1) is 7.11 Å². The third-order valence-electron chi connectivity index (χ3n) is 1.68. The molecular weight excluding hydrogens is 248 g/mol. The van der Waals surface area contributed by atoms with Gasteiger partial charge in [0, 0.05) is 17.8 Å². The van der Waals surface area contributed by atoms with Crippen LogP contribution in [-0.2, 0) is 19.4 Å². The van der Waals surface area contributed by atoms with Crippen molar-refractivity contribution in [2.24, 2.45) is 5.73 Å². The van der Waals surface area contributed by atoms with Crippen LogP contribution in [0.3, 0.4) is 0 Å². The van der Waals surface area contributed by atoms with Crippen LogP contribution in [0.2, 0.25) is 0 Å². The first-order chi connectivity index (χ1) is 7.65. The molecule has 0 heterocycles. The number of hydrogen-bond donors (Lipinski definition) is 3. The maximum absolute atomic E-state index is 11.1. The van der Waals surface area contributed by atoms with Gasteiger partial charge in [-0.3, -0.25) is 13.5 Å². The van der Waals surface area contributed by atoms with Crippen LogP contribution in [0.15, 0.2) is 11.3 Å². The molecule has 0 fully saturated rings. The second-order valence-corrected chi connectivity index (χ2v) is 4.35. The molecule has 0 rings (SSSR count). The topological polar surface area (TPSA) is 119 Å². The molecule has 8 heteroatoms. The normalized spacial score (nSPS) is 12.1. The number of carbonyl (C=O) groups excluding carboxylic acids is 1. The van der Waals surface area contributed by atoms with Crippen LogP contribution in [-0.4, -0.2) is 32.5 Å². The highest BCUT2D eigenvalue weighted by atomic mass is 32.3. The summed E-state index contributed by atoms with van der Waals surface area (Å²) in [5.41, 5.74) is 6.62. The molecule has 1 amide bonds. The number of hydrogen-bond acceptors (Lipinski definition) is 5. The summed E-state index contributed by atoms with van der Waals surface area (Å²) in [6, 6.07) is 0. The minimum Gasteiger partial charge on any atom is -0.402 e. The highest BCUT2D eigenvalue weighted by molar-refractivity contribution is 7.80. The van der Waals surface area contributed by atoms with E-state index in [4.69, 9.17) is 10.3 Å². The molecule has 0 aliphatic heterocycles. The number of nitrogens with one attached hydrogen (secondary N) is 1. The third-order valence-corrected chi connectivity index (χ3v) is 2.10. The van der Waals surface area contributed by atoms with Crippen LogP contribution < -0.4 is 11.1 Å². The molecule has 0 aromatic heterocycles. The Morgan fingerprint density at radius 2 is 1.82 bits per heavy atom. The molecule has 0 spiro atoms. The molecule has 4 N–H and O–H groups in total. The summed E-state index contributed by atoms with van der Waals surface area (Å²) < 4.78 is 29.7. The minimum atomic E-state index is -4.16. The monoisotopic (exact) mass is 268 g/mol. The van der Waals surface area contributed by atoms with Crippen LogP contribution in [0.25, 0.3) is 0 Å². The highest BCUT2D eigenvalue weighted by Crippen LogP contribution is 1.95. The molecule has 0 bridgehead atoms.